The number of nitrogens with zero attached hydrogens (tertiary/aromatic N) is 3. The summed E-state index contributed by atoms with van der Waals surface area (Å²) in [4.78, 5) is 62.8. The molecule has 2 atom stereocenters. The van der Waals surface area contributed by atoms with Gasteiger partial charge in [-0.3, -0.25) is 19.2 Å². The van der Waals surface area contributed by atoms with E-state index in [4.69, 9.17) is 0 Å². The number of amides is 4. The van der Waals surface area contributed by atoms with Crippen LogP contribution in [0.25, 0.3) is 10.9 Å². The lowest BCUT2D eigenvalue weighted by Gasteiger charge is -2.39. The van der Waals surface area contributed by atoms with E-state index < -0.39 is 6.04 Å². The van der Waals surface area contributed by atoms with Crippen molar-refractivity contribution in [1.29, 1.82) is 0 Å². The van der Waals surface area contributed by atoms with Crippen molar-refractivity contribution in [3.05, 3.63) is 95.7 Å². The van der Waals surface area contributed by atoms with Gasteiger partial charge in [0.1, 0.15) is 6.04 Å². The maximum Gasteiger partial charge on any atom is 0.253 e. The van der Waals surface area contributed by atoms with Crippen LogP contribution in [0.1, 0.15) is 41.3 Å². The lowest BCUT2D eigenvalue weighted by Crippen LogP contribution is -2.54. The van der Waals surface area contributed by atoms with Gasteiger partial charge in [0.2, 0.25) is 17.7 Å². The van der Waals surface area contributed by atoms with Crippen molar-refractivity contribution in [2.24, 2.45) is 11.8 Å². The highest BCUT2D eigenvalue weighted by molar-refractivity contribution is 6.02. The number of para-hydroxylation sites is 1. The Balaban J connectivity index is 1.26. The third-order valence-corrected chi connectivity index (χ3v) is 9.46. The van der Waals surface area contributed by atoms with Crippen molar-refractivity contribution in [2.75, 3.05) is 50.5 Å². The minimum absolute atomic E-state index is 0.0310. The number of carbonyl (C=O) groups excluding carboxylic acids is 4. The first kappa shape index (κ1) is 33.0. The summed E-state index contributed by atoms with van der Waals surface area (Å²) < 4.78 is 0. The van der Waals surface area contributed by atoms with E-state index in [1.54, 1.807) is 9.80 Å². The number of hydrogen-bond acceptors (Lipinski definition) is 5. The number of rotatable bonds is 9. The Labute approximate surface area is 281 Å². The second-order valence-corrected chi connectivity index (χ2v) is 13.3. The summed E-state index contributed by atoms with van der Waals surface area (Å²) in [5.41, 5.74) is 4.94. The van der Waals surface area contributed by atoms with Gasteiger partial charge < -0.3 is 30.3 Å². The Kier molecular flexibility index (Phi) is 9.91. The van der Waals surface area contributed by atoms with Gasteiger partial charge in [0.05, 0.1) is 0 Å². The van der Waals surface area contributed by atoms with Crippen LogP contribution in [0, 0.1) is 11.8 Å². The predicted octanol–water partition coefficient (Wildman–Crippen LogP) is 4.47. The molecule has 48 heavy (non-hydrogen) atoms. The zero-order valence-corrected chi connectivity index (χ0v) is 27.9. The molecule has 0 radical (unpaired) electrons. The van der Waals surface area contributed by atoms with Crippen LogP contribution in [0.2, 0.25) is 0 Å². The minimum Gasteiger partial charge on any atom is -0.361 e. The third kappa shape index (κ3) is 7.28. The van der Waals surface area contributed by atoms with Gasteiger partial charge in [0.25, 0.3) is 5.91 Å². The summed E-state index contributed by atoms with van der Waals surface area (Å²) in [6, 6.07) is 22.0. The van der Waals surface area contributed by atoms with Gasteiger partial charge in [-0.2, -0.15) is 0 Å². The number of anilines is 2. The van der Waals surface area contributed by atoms with Crippen LogP contribution >= 0.6 is 0 Å². The molecule has 3 heterocycles. The Hall–Kier alpha value is -4.96. The number of aromatic amines is 1. The Bertz CT molecular complexity index is 1790. The molecule has 1 unspecified atom stereocenters. The number of carbonyl (C=O) groups is 4. The molecule has 1 aromatic heterocycles. The van der Waals surface area contributed by atoms with Gasteiger partial charge in [-0.15, -0.1) is 0 Å². The number of piperidine rings is 1. The molecule has 2 aliphatic rings. The number of nitrogens with one attached hydrogen (secondary N) is 3. The van der Waals surface area contributed by atoms with Crippen molar-refractivity contribution >= 4 is 45.9 Å². The van der Waals surface area contributed by atoms with Crippen molar-refractivity contribution in [3.8, 4) is 0 Å². The highest BCUT2D eigenvalue weighted by Gasteiger charge is 2.37. The van der Waals surface area contributed by atoms with Gasteiger partial charge >= 0.3 is 0 Å². The van der Waals surface area contributed by atoms with Gasteiger partial charge in [0.15, 0.2) is 0 Å². The predicted molar refractivity (Wildman–Crippen MR) is 188 cm³/mol. The van der Waals surface area contributed by atoms with E-state index in [0.29, 0.717) is 56.6 Å². The standard InChI is InChI=1S/C38H44N6O4/c1-25(45)40-33-14-9-15-35-31(33)20-26(23-42(2)3)24-44(35)38(48)34(21-29-22-39-32-13-8-7-12-30(29)32)41-36(46)27-16-18-43(19-17-27)37(47)28-10-5-4-6-11-28/h4-15,22,26-27,34,39H,16-21,23-24H2,1-3H3,(H,40,45)(H,41,46)/t26?,34-/m1/s1. The van der Waals surface area contributed by atoms with Crippen molar-refractivity contribution in [1.82, 2.24) is 20.1 Å². The average Bonchev–Trinajstić information content (AvgIpc) is 3.50. The van der Waals surface area contributed by atoms with E-state index in [1.807, 2.05) is 93.1 Å². The zero-order valence-electron chi connectivity index (χ0n) is 27.9. The molecule has 1 fully saturated rings. The quantitative estimate of drug-likeness (QED) is 0.248. The first-order chi connectivity index (χ1) is 23.2. The first-order valence-electron chi connectivity index (χ1n) is 16.7. The van der Waals surface area contributed by atoms with Crippen molar-refractivity contribution in [3.63, 3.8) is 0 Å². The van der Waals surface area contributed by atoms with Gasteiger partial charge in [-0.25, -0.2) is 0 Å². The molecular formula is C38H44N6O4. The van der Waals surface area contributed by atoms with Crippen LogP contribution in [-0.2, 0) is 27.2 Å². The van der Waals surface area contributed by atoms with E-state index in [2.05, 4.69) is 20.5 Å². The van der Waals surface area contributed by atoms with Crippen LogP contribution < -0.4 is 15.5 Å². The number of aromatic nitrogens is 1. The Morgan fingerprint density at radius 2 is 1.67 bits per heavy atom. The molecule has 0 saturated carbocycles. The molecule has 250 valence electrons. The molecule has 6 rings (SSSR count). The van der Waals surface area contributed by atoms with Crippen LogP contribution in [0.15, 0.2) is 79.0 Å². The smallest absolute Gasteiger partial charge is 0.253 e. The summed E-state index contributed by atoms with van der Waals surface area (Å²) in [7, 11) is 4.03. The second kappa shape index (κ2) is 14.4. The second-order valence-electron chi connectivity index (χ2n) is 13.3. The summed E-state index contributed by atoms with van der Waals surface area (Å²) in [6.07, 6.45) is 3.99. The number of likely N-dealkylation sites (tertiary alicyclic amines) is 1. The largest absolute Gasteiger partial charge is 0.361 e. The molecule has 0 spiro atoms. The van der Waals surface area contributed by atoms with Crippen LogP contribution in [0.3, 0.4) is 0 Å². The SMILES string of the molecule is CC(=O)Nc1cccc2c1CC(CN(C)C)CN2C(=O)[C@@H](Cc1c[nH]c2ccccc12)NC(=O)C1CCN(C(=O)c2ccccc2)CC1. The molecule has 1 saturated heterocycles. The van der Waals surface area contributed by atoms with Gasteiger partial charge in [-0.1, -0.05) is 42.5 Å². The highest BCUT2D eigenvalue weighted by Crippen LogP contribution is 2.36. The number of H-pyrrole nitrogens is 1. The average molecular weight is 649 g/mol. The normalized spacial score (nSPS) is 17.2. The lowest BCUT2D eigenvalue weighted by molar-refractivity contribution is -0.131. The maximum atomic E-state index is 14.8. The zero-order chi connectivity index (χ0) is 33.8. The molecule has 0 aliphatic carbocycles. The number of hydrogen-bond donors (Lipinski definition) is 3. The summed E-state index contributed by atoms with van der Waals surface area (Å²) >= 11 is 0. The molecule has 10 nitrogen and oxygen atoms in total. The fraction of sp³-hybridized carbons (Fsp3) is 0.368. The van der Waals surface area contributed by atoms with E-state index >= 15 is 0 Å². The third-order valence-electron chi connectivity index (χ3n) is 9.46. The van der Waals surface area contributed by atoms with E-state index in [0.717, 1.165) is 34.3 Å². The number of benzene rings is 3. The van der Waals surface area contributed by atoms with Crippen LogP contribution in [-0.4, -0.2) is 84.7 Å². The minimum atomic E-state index is -0.823. The topological polar surface area (TPSA) is 118 Å². The fourth-order valence-corrected chi connectivity index (χ4v) is 7.21. The summed E-state index contributed by atoms with van der Waals surface area (Å²) in [5.74, 6) is -0.746. The molecule has 3 aromatic carbocycles. The Morgan fingerprint density at radius 3 is 2.40 bits per heavy atom. The molecule has 4 amide bonds. The first-order valence-corrected chi connectivity index (χ1v) is 16.7. The van der Waals surface area contributed by atoms with Crippen LogP contribution in [0.5, 0.6) is 0 Å². The van der Waals surface area contributed by atoms with Crippen molar-refractivity contribution in [2.45, 2.75) is 38.6 Å². The molecule has 10 heteroatoms. The summed E-state index contributed by atoms with van der Waals surface area (Å²) in [5, 5.41) is 7.13. The monoisotopic (exact) mass is 648 g/mol. The molecule has 0 bridgehead atoms. The van der Waals surface area contributed by atoms with Crippen LogP contribution in [0.4, 0.5) is 11.4 Å². The lowest BCUT2D eigenvalue weighted by atomic mass is 9.89. The van der Waals surface area contributed by atoms with Gasteiger partial charge in [0, 0.05) is 79.5 Å². The molecule has 3 N–H and O–H groups in total. The summed E-state index contributed by atoms with van der Waals surface area (Å²) in [6.45, 7) is 3.69. The highest BCUT2D eigenvalue weighted by atomic mass is 16.2. The molecule has 2 aliphatic heterocycles. The molecular weight excluding hydrogens is 604 g/mol. The number of fused-ring (bicyclic) bond motifs is 2. The van der Waals surface area contributed by atoms with Gasteiger partial charge in [-0.05, 0) is 80.7 Å². The van der Waals surface area contributed by atoms with E-state index in [1.165, 1.54) is 6.92 Å². The van der Waals surface area contributed by atoms with E-state index in [-0.39, 0.29) is 35.5 Å². The van der Waals surface area contributed by atoms with Crippen molar-refractivity contribution < 1.29 is 19.2 Å². The van der Waals surface area contributed by atoms with E-state index in [9.17, 15) is 19.2 Å². The fourth-order valence-electron chi connectivity index (χ4n) is 7.21. The maximum absolute atomic E-state index is 14.8. The molecule has 4 aromatic rings. The Morgan fingerprint density at radius 1 is 0.938 bits per heavy atom.